The number of piperazine rings is 1. The third kappa shape index (κ3) is 4.03. The zero-order chi connectivity index (χ0) is 17.2. The van der Waals surface area contributed by atoms with Crippen LogP contribution in [0.5, 0.6) is 0 Å². The van der Waals surface area contributed by atoms with E-state index >= 15 is 0 Å². The van der Waals surface area contributed by atoms with Crippen molar-refractivity contribution in [3.8, 4) is 0 Å². The van der Waals surface area contributed by atoms with Crippen LogP contribution in [0.25, 0.3) is 0 Å². The lowest BCUT2D eigenvalue weighted by Gasteiger charge is -2.43. The molecule has 2 aliphatic heterocycles. The van der Waals surface area contributed by atoms with Crippen molar-refractivity contribution in [2.75, 3.05) is 50.7 Å². The number of nitrogens with zero attached hydrogens (tertiary/aromatic N) is 3. The quantitative estimate of drug-likeness (QED) is 0.835. The van der Waals surface area contributed by atoms with Crippen molar-refractivity contribution < 1.29 is 13.2 Å². The van der Waals surface area contributed by atoms with Crippen molar-refractivity contribution in [3.63, 3.8) is 0 Å². The number of hydrogen-bond donors (Lipinski definition) is 0. The van der Waals surface area contributed by atoms with E-state index in [4.69, 9.17) is 0 Å². The summed E-state index contributed by atoms with van der Waals surface area (Å²) in [5.74, 6) is 0. The third-order valence-corrected chi connectivity index (χ3v) is 5.37. The lowest BCUT2D eigenvalue weighted by atomic mass is 10.0. The van der Waals surface area contributed by atoms with E-state index in [1.54, 1.807) is 6.07 Å². The first-order chi connectivity index (χ1) is 11.5. The first-order valence-electron chi connectivity index (χ1n) is 8.86. The Morgan fingerprint density at radius 3 is 2.25 bits per heavy atom. The van der Waals surface area contributed by atoms with Gasteiger partial charge in [0.05, 0.1) is 5.56 Å². The predicted octanol–water partition coefficient (Wildman–Crippen LogP) is 3.31. The molecule has 24 heavy (non-hydrogen) atoms. The molecule has 0 amide bonds. The van der Waals surface area contributed by atoms with E-state index in [1.807, 2.05) is 0 Å². The molecule has 0 spiro atoms. The van der Waals surface area contributed by atoms with Crippen molar-refractivity contribution in [1.29, 1.82) is 0 Å². The molecule has 2 fully saturated rings. The molecule has 6 heteroatoms. The predicted molar refractivity (Wildman–Crippen MR) is 90.4 cm³/mol. The molecular formula is C18H26F3N3. The highest BCUT2D eigenvalue weighted by Gasteiger charge is 2.31. The summed E-state index contributed by atoms with van der Waals surface area (Å²) in [6, 6.07) is 6.34. The van der Waals surface area contributed by atoms with E-state index in [9.17, 15) is 13.2 Å². The van der Waals surface area contributed by atoms with Crippen LogP contribution < -0.4 is 4.90 Å². The molecule has 0 saturated carbocycles. The number of halogens is 3. The summed E-state index contributed by atoms with van der Waals surface area (Å²) in [6.07, 6.45) is -1.86. The second-order valence-electron chi connectivity index (χ2n) is 6.74. The van der Waals surface area contributed by atoms with Crippen LogP contribution in [0.4, 0.5) is 18.9 Å². The number of likely N-dealkylation sites (tertiary alicyclic amines) is 1. The molecule has 1 aromatic rings. The van der Waals surface area contributed by atoms with Crippen molar-refractivity contribution in [1.82, 2.24) is 9.80 Å². The minimum absolute atomic E-state index is 0.561. The van der Waals surface area contributed by atoms with Crippen molar-refractivity contribution >= 4 is 5.69 Å². The summed E-state index contributed by atoms with van der Waals surface area (Å²) in [5, 5.41) is 0. The topological polar surface area (TPSA) is 9.72 Å². The lowest BCUT2D eigenvalue weighted by Crippen LogP contribution is -2.53. The van der Waals surface area contributed by atoms with Crippen LogP contribution in [-0.2, 0) is 6.18 Å². The minimum Gasteiger partial charge on any atom is -0.369 e. The lowest BCUT2D eigenvalue weighted by molar-refractivity contribution is -0.137. The highest BCUT2D eigenvalue weighted by atomic mass is 19.4. The smallest absolute Gasteiger partial charge is 0.369 e. The van der Waals surface area contributed by atoms with Gasteiger partial charge in [0.1, 0.15) is 0 Å². The Morgan fingerprint density at radius 2 is 1.67 bits per heavy atom. The Balaban J connectivity index is 1.56. The molecular weight excluding hydrogens is 315 g/mol. The normalized spacial score (nSPS) is 22.1. The van der Waals surface area contributed by atoms with E-state index in [0.717, 1.165) is 51.9 Å². The van der Waals surface area contributed by atoms with Crippen LogP contribution in [0.15, 0.2) is 24.3 Å². The van der Waals surface area contributed by atoms with Gasteiger partial charge in [-0.2, -0.15) is 13.2 Å². The van der Waals surface area contributed by atoms with Gasteiger partial charge in [0.25, 0.3) is 0 Å². The summed E-state index contributed by atoms with van der Waals surface area (Å²) in [6.45, 7) is 9.12. The molecule has 0 aromatic heterocycles. The summed E-state index contributed by atoms with van der Waals surface area (Å²) in [4.78, 5) is 7.08. The zero-order valence-corrected chi connectivity index (χ0v) is 14.2. The van der Waals surface area contributed by atoms with Gasteiger partial charge in [-0.25, -0.2) is 0 Å². The molecule has 0 bridgehead atoms. The number of hydrogen-bond acceptors (Lipinski definition) is 3. The van der Waals surface area contributed by atoms with E-state index in [0.29, 0.717) is 11.7 Å². The number of rotatable bonds is 3. The van der Waals surface area contributed by atoms with Crippen LogP contribution in [-0.4, -0.2) is 61.7 Å². The maximum Gasteiger partial charge on any atom is 0.416 e. The molecule has 2 heterocycles. The molecule has 1 aromatic carbocycles. The van der Waals surface area contributed by atoms with Gasteiger partial charge in [-0.1, -0.05) is 13.0 Å². The maximum absolute atomic E-state index is 12.9. The molecule has 0 aliphatic carbocycles. The van der Waals surface area contributed by atoms with Crippen LogP contribution in [0.3, 0.4) is 0 Å². The highest BCUT2D eigenvalue weighted by molar-refractivity contribution is 5.49. The molecule has 0 atom stereocenters. The van der Waals surface area contributed by atoms with Gasteiger partial charge >= 0.3 is 6.18 Å². The van der Waals surface area contributed by atoms with Crippen LogP contribution in [0, 0.1) is 0 Å². The van der Waals surface area contributed by atoms with E-state index in [1.165, 1.54) is 25.0 Å². The monoisotopic (exact) mass is 341 g/mol. The first-order valence-corrected chi connectivity index (χ1v) is 8.86. The average molecular weight is 341 g/mol. The SMILES string of the molecule is CCN1CCC(N2CCN(c3cccc(C(F)(F)F)c3)CC2)CC1. The Hall–Kier alpha value is -1.27. The van der Waals surface area contributed by atoms with Gasteiger partial charge in [0.15, 0.2) is 0 Å². The van der Waals surface area contributed by atoms with Crippen LogP contribution in [0.1, 0.15) is 25.3 Å². The summed E-state index contributed by atoms with van der Waals surface area (Å²) in [7, 11) is 0. The third-order valence-electron chi connectivity index (χ3n) is 5.37. The summed E-state index contributed by atoms with van der Waals surface area (Å²) >= 11 is 0. The summed E-state index contributed by atoms with van der Waals surface area (Å²) < 4.78 is 38.6. The van der Waals surface area contributed by atoms with Gasteiger partial charge < -0.3 is 9.80 Å². The fourth-order valence-corrected chi connectivity index (χ4v) is 3.82. The number of alkyl halides is 3. The second-order valence-corrected chi connectivity index (χ2v) is 6.74. The molecule has 3 rings (SSSR count). The summed E-state index contributed by atoms with van der Waals surface area (Å²) in [5.41, 5.74) is 0.125. The Morgan fingerprint density at radius 1 is 1.00 bits per heavy atom. The number of benzene rings is 1. The highest BCUT2D eigenvalue weighted by Crippen LogP contribution is 2.32. The fourth-order valence-electron chi connectivity index (χ4n) is 3.82. The molecule has 3 nitrogen and oxygen atoms in total. The standard InChI is InChI=1S/C18H26F3N3/c1-2-22-8-6-16(7-9-22)23-10-12-24(13-11-23)17-5-3-4-15(14-17)18(19,20)21/h3-5,14,16H,2,6-13H2,1H3. The van der Waals surface area contributed by atoms with Gasteiger partial charge in [-0.3, -0.25) is 4.90 Å². The Bertz CT molecular complexity index is 531. The van der Waals surface area contributed by atoms with Crippen molar-refractivity contribution in [2.24, 2.45) is 0 Å². The van der Waals surface area contributed by atoms with Crippen molar-refractivity contribution in [3.05, 3.63) is 29.8 Å². The first kappa shape index (κ1) is 17.5. The largest absolute Gasteiger partial charge is 0.416 e. The fraction of sp³-hybridized carbons (Fsp3) is 0.667. The Kier molecular flexibility index (Phi) is 5.35. The molecule has 2 saturated heterocycles. The van der Waals surface area contributed by atoms with Crippen LogP contribution >= 0.6 is 0 Å². The van der Waals surface area contributed by atoms with E-state index in [2.05, 4.69) is 21.6 Å². The molecule has 134 valence electrons. The maximum atomic E-state index is 12.9. The minimum atomic E-state index is -4.27. The second kappa shape index (κ2) is 7.31. The van der Waals surface area contributed by atoms with Crippen LogP contribution in [0.2, 0.25) is 0 Å². The van der Waals surface area contributed by atoms with E-state index < -0.39 is 11.7 Å². The van der Waals surface area contributed by atoms with Gasteiger partial charge in [0, 0.05) is 37.9 Å². The average Bonchev–Trinajstić information content (AvgIpc) is 2.61. The zero-order valence-electron chi connectivity index (χ0n) is 14.2. The molecule has 0 unspecified atom stereocenters. The molecule has 2 aliphatic rings. The molecule has 0 N–H and O–H groups in total. The van der Waals surface area contributed by atoms with E-state index in [-0.39, 0.29) is 0 Å². The van der Waals surface area contributed by atoms with Gasteiger partial charge in [-0.15, -0.1) is 0 Å². The Labute approximate surface area is 142 Å². The van der Waals surface area contributed by atoms with Gasteiger partial charge in [-0.05, 0) is 50.7 Å². The number of anilines is 1. The van der Waals surface area contributed by atoms with Gasteiger partial charge in [0.2, 0.25) is 0 Å². The van der Waals surface area contributed by atoms with Crippen molar-refractivity contribution in [2.45, 2.75) is 32.0 Å². The molecule has 0 radical (unpaired) electrons. The number of piperidine rings is 1.